The van der Waals surface area contributed by atoms with Crippen molar-refractivity contribution in [3.63, 3.8) is 0 Å². The van der Waals surface area contributed by atoms with E-state index in [-0.39, 0.29) is 24.9 Å². The van der Waals surface area contributed by atoms with Gasteiger partial charge in [0.05, 0.1) is 12.2 Å². The SMILES string of the molecule is O=C(Nc1nc2c(s1)CN(S(=O)(=O)c1ccc(F)cc1F)CC2)C1CCC1. The number of halogens is 2. The minimum absolute atomic E-state index is 0.0317. The zero-order chi connectivity index (χ0) is 19.2. The lowest BCUT2D eigenvalue weighted by atomic mass is 9.85. The number of sulfonamides is 1. The average Bonchev–Trinajstić information content (AvgIpc) is 2.93. The van der Waals surface area contributed by atoms with E-state index in [9.17, 15) is 22.0 Å². The predicted molar refractivity (Wildman–Crippen MR) is 95.7 cm³/mol. The van der Waals surface area contributed by atoms with E-state index in [0.29, 0.717) is 17.6 Å². The third-order valence-corrected chi connectivity index (χ3v) is 7.79. The molecule has 0 radical (unpaired) electrons. The van der Waals surface area contributed by atoms with Crippen LogP contribution in [0.1, 0.15) is 29.8 Å². The van der Waals surface area contributed by atoms with Crippen LogP contribution in [0.3, 0.4) is 0 Å². The Morgan fingerprint density at radius 3 is 2.74 bits per heavy atom. The van der Waals surface area contributed by atoms with E-state index in [2.05, 4.69) is 10.3 Å². The lowest BCUT2D eigenvalue weighted by Crippen LogP contribution is -2.36. The van der Waals surface area contributed by atoms with E-state index in [1.807, 2.05) is 0 Å². The molecule has 4 rings (SSSR count). The van der Waals surface area contributed by atoms with Crippen LogP contribution in [0.15, 0.2) is 23.1 Å². The third-order valence-electron chi connectivity index (χ3n) is 4.91. The average molecular weight is 413 g/mol. The van der Waals surface area contributed by atoms with Crippen LogP contribution in [0.2, 0.25) is 0 Å². The number of nitrogens with one attached hydrogen (secondary N) is 1. The van der Waals surface area contributed by atoms with E-state index < -0.39 is 26.6 Å². The van der Waals surface area contributed by atoms with Crippen molar-refractivity contribution >= 4 is 32.4 Å². The molecule has 2 aromatic rings. The van der Waals surface area contributed by atoms with Crippen molar-refractivity contribution in [2.75, 3.05) is 11.9 Å². The summed E-state index contributed by atoms with van der Waals surface area (Å²) in [7, 11) is -4.09. The van der Waals surface area contributed by atoms with Gasteiger partial charge in [-0.15, -0.1) is 11.3 Å². The maximum absolute atomic E-state index is 14.0. The van der Waals surface area contributed by atoms with Gasteiger partial charge in [-0.2, -0.15) is 4.31 Å². The van der Waals surface area contributed by atoms with Crippen LogP contribution in [-0.4, -0.2) is 30.2 Å². The molecule has 0 spiro atoms. The molecule has 1 aliphatic heterocycles. The summed E-state index contributed by atoms with van der Waals surface area (Å²) in [5.41, 5.74) is 0.745. The van der Waals surface area contributed by atoms with Crippen LogP contribution in [0.25, 0.3) is 0 Å². The molecule has 10 heteroatoms. The molecule has 1 aromatic heterocycles. The molecule has 0 atom stereocenters. The molecule has 0 bridgehead atoms. The highest BCUT2D eigenvalue weighted by molar-refractivity contribution is 7.89. The summed E-state index contributed by atoms with van der Waals surface area (Å²) in [6, 6.07) is 2.42. The first-order chi connectivity index (χ1) is 12.8. The zero-order valence-corrected chi connectivity index (χ0v) is 15.9. The van der Waals surface area contributed by atoms with E-state index in [4.69, 9.17) is 0 Å². The van der Waals surface area contributed by atoms with Gasteiger partial charge < -0.3 is 5.32 Å². The van der Waals surface area contributed by atoms with Gasteiger partial charge in [0, 0.05) is 29.8 Å². The molecule has 0 unspecified atom stereocenters. The first kappa shape index (κ1) is 18.5. The molecule has 2 heterocycles. The van der Waals surface area contributed by atoms with Gasteiger partial charge in [-0.3, -0.25) is 4.79 Å². The Morgan fingerprint density at radius 2 is 2.07 bits per heavy atom. The smallest absolute Gasteiger partial charge is 0.246 e. The quantitative estimate of drug-likeness (QED) is 0.836. The summed E-state index contributed by atoms with van der Waals surface area (Å²) in [5, 5.41) is 3.26. The number of amides is 1. The van der Waals surface area contributed by atoms with Gasteiger partial charge in [-0.25, -0.2) is 22.2 Å². The molecule has 27 heavy (non-hydrogen) atoms. The molecule has 144 valence electrons. The summed E-state index contributed by atoms with van der Waals surface area (Å²) >= 11 is 1.23. The Hall–Kier alpha value is -1.91. The summed E-state index contributed by atoms with van der Waals surface area (Å²) in [4.78, 5) is 16.6. The van der Waals surface area contributed by atoms with Crippen molar-refractivity contribution in [1.82, 2.24) is 9.29 Å². The molecule has 1 fully saturated rings. The fourth-order valence-electron chi connectivity index (χ4n) is 3.13. The predicted octanol–water partition coefficient (Wildman–Crippen LogP) is 2.91. The van der Waals surface area contributed by atoms with Crippen LogP contribution >= 0.6 is 11.3 Å². The van der Waals surface area contributed by atoms with Crippen molar-refractivity contribution in [3.8, 4) is 0 Å². The number of hydrogen-bond donors (Lipinski definition) is 1. The highest BCUT2D eigenvalue weighted by Crippen LogP contribution is 2.33. The van der Waals surface area contributed by atoms with Crippen LogP contribution < -0.4 is 5.32 Å². The maximum Gasteiger partial charge on any atom is 0.246 e. The van der Waals surface area contributed by atoms with Gasteiger partial charge in [-0.05, 0) is 25.0 Å². The third kappa shape index (κ3) is 3.48. The summed E-state index contributed by atoms with van der Waals surface area (Å²) in [5.74, 6) is -1.96. The van der Waals surface area contributed by atoms with Crippen molar-refractivity contribution in [2.24, 2.45) is 5.92 Å². The van der Waals surface area contributed by atoms with Crippen molar-refractivity contribution < 1.29 is 22.0 Å². The number of nitrogens with zero attached hydrogens (tertiary/aromatic N) is 2. The molecule has 1 aliphatic carbocycles. The Bertz CT molecular complexity index is 1000. The minimum atomic E-state index is -4.09. The zero-order valence-electron chi connectivity index (χ0n) is 14.2. The van der Waals surface area contributed by atoms with Crippen molar-refractivity contribution in [1.29, 1.82) is 0 Å². The number of thiazole rings is 1. The lowest BCUT2D eigenvalue weighted by Gasteiger charge is -2.25. The van der Waals surface area contributed by atoms with Crippen LogP contribution in [0.4, 0.5) is 13.9 Å². The largest absolute Gasteiger partial charge is 0.302 e. The van der Waals surface area contributed by atoms with Gasteiger partial charge in [0.15, 0.2) is 5.13 Å². The highest BCUT2D eigenvalue weighted by atomic mass is 32.2. The second-order valence-electron chi connectivity index (χ2n) is 6.67. The molecule has 1 amide bonds. The Kier molecular flexibility index (Phi) is 4.73. The van der Waals surface area contributed by atoms with Crippen molar-refractivity contribution in [2.45, 2.75) is 37.1 Å². The number of hydrogen-bond acceptors (Lipinski definition) is 5. The number of fused-ring (bicyclic) bond motifs is 1. The first-order valence-corrected chi connectivity index (χ1v) is 10.8. The summed E-state index contributed by atoms with van der Waals surface area (Å²) in [6.45, 7) is 0.192. The van der Waals surface area contributed by atoms with Crippen LogP contribution in [0, 0.1) is 17.6 Å². The number of aromatic nitrogens is 1. The van der Waals surface area contributed by atoms with Gasteiger partial charge in [0.25, 0.3) is 0 Å². The number of carbonyl (C=O) groups excluding carboxylic acids is 1. The number of benzene rings is 1. The first-order valence-electron chi connectivity index (χ1n) is 8.59. The molecule has 1 aromatic carbocycles. The normalized spacial score (nSPS) is 18.0. The lowest BCUT2D eigenvalue weighted by molar-refractivity contribution is -0.122. The van der Waals surface area contributed by atoms with E-state index >= 15 is 0 Å². The van der Waals surface area contributed by atoms with Crippen LogP contribution in [0.5, 0.6) is 0 Å². The van der Waals surface area contributed by atoms with E-state index in [0.717, 1.165) is 46.3 Å². The fourth-order valence-corrected chi connectivity index (χ4v) is 5.69. The Morgan fingerprint density at radius 1 is 1.30 bits per heavy atom. The number of anilines is 1. The molecule has 6 nitrogen and oxygen atoms in total. The Balaban J connectivity index is 1.53. The maximum atomic E-state index is 14.0. The molecular weight excluding hydrogens is 396 g/mol. The monoisotopic (exact) mass is 413 g/mol. The van der Waals surface area contributed by atoms with Crippen molar-refractivity contribution in [3.05, 3.63) is 40.4 Å². The van der Waals surface area contributed by atoms with Gasteiger partial charge in [0.2, 0.25) is 15.9 Å². The summed E-state index contributed by atoms with van der Waals surface area (Å²) in [6.07, 6.45) is 3.19. The van der Waals surface area contributed by atoms with E-state index in [1.165, 1.54) is 11.3 Å². The highest BCUT2D eigenvalue weighted by Gasteiger charge is 2.33. The van der Waals surface area contributed by atoms with Gasteiger partial charge >= 0.3 is 0 Å². The Labute approximate surface area is 159 Å². The second kappa shape index (κ2) is 6.92. The number of rotatable bonds is 4. The number of carbonyl (C=O) groups is 1. The molecule has 1 saturated carbocycles. The molecule has 1 N–H and O–H groups in total. The van der Waals surface area contributed by atoms with Gasteiger partial charge in [-0.1, -0.05) is 6.42 Å². The molecule has 0 saturated heterocycles. The second-order valence-corrected chi connectivity index (χ2v) is 9.66. The topological polar surface area (TPSA) is 79.4 Å². The van der Waals surface area contributed by atoms with Crippen LogP contribution in [-0.2, 0) is 27.8 Å². The fraction of sp³-hybridized carbons (Fsp3) is 0.412. The molecule has 2 aliphatic rings. The minimum Gasteiger partial charge on any atom is -0.302 e. The standard InChI is InChI=1S/C17H17F2N3O3S2/c18-11-4-5-15(12(19)8-11)27(24,25)22-7-6-13-14(9-22)26-17(20-13)21-16(23)10-2-1-3-10/h4-5,8,10H,1-3,6-7,9H2,(H,20,21,23). The van der Waals surface area contributed by atoms with Gasteiger partial charge in [0.1, 0.15) is 16.5 Å². The van der Waals surface area contributed by atoms with E-state index in [1.54, 1.807) is 0 Å². The molecular formula is C17H17F2N3O3S2. The summed E-state index contributed by atoms with van der Waals surface area (Å²) < 4.78 is 53.6.